The van der Waals surface area contributed by atoms with Gasteiger partial charge in [0, 0.05) is 0 Å². The zero-order chi connectivity index (χ0) is 19.7. The summed E-state index contributed by atoms with van der Waals surface area (Å²) >= 11 is 0. The third kappa shape index (κ3) is 3.68. The summed E-state index contributed by atoms with van der Waals surface area (Å²) in [6.07, 6.45) is 6.13. The number of nitrogens with one attached hydrogen (secondary N) is 1. The standard InChI is InChI=1S/C24H27NO3/c1-16-6-9-19(10-7-16)22(24(12-13-24)23(27)28)25-21(26)15-17-8-11-18-4-2-3-5-20(18)14-17/h6-11,14,22H,2-5,12-13,15H2,1H3,(H,25,26)(H,27,28). The molecule has 2 aromatic rings. The van der Waals surface area contributed by atoms with Gasteiger partial charge in [0.1, 0.15) is 0 Å². The molecule has 0 aliphatic heterocycles. The molecule has 0 saturated heterocycles. The fraction of sp³-hybridized carbons (Fsp3) is 0.417. The van der Waals surface area contributed by atoms with Gasteiger partial charge >= 0.3 is 5.97 Å². The predicted octanol–water partition coefficient (Wildman–Crippen LogP) is 4.14. The Bertz CT molecular complexity index is 897. The van der Waals surface area contributed by atoms with Crippen LogP contribution in [-0.2, 0) is 28.9 Å². The quantitative estimate of drug-likeness (QED) is 0.795. The molecule has 1 amide bonds. The summed E-state index contributed by atoms with van der Waals surface area (Å²) in [7, 11) is 0. The molecule has 1 atom stereocenters. The summed E-state index contributed by atoms with van der Waals surface area (Å²) in [5, 5.41) is 12.8. The lowest BCUT2D eigenvalue weighted by Crippen LogP contribution is -2.38. The first-order chi connectivity index (χ1) is 13.5. The smallest absolute Gasteiger partial charge is 0.312 e. The van der Waals surface area contributed by atoms with Crippen molar-refractivity contribution < 1.29 is 14.7 Å². The highest BCUT2D eigenvalue weighted by Gasteiger charge is 2.57. The highest BCUT2D eigenvalue weighted by molar-refractivity contribution is 5.83. The van der Waals surface area contributed by atoms with Gasteiger partial charge in [-0.15, -0.1) is 0 Å². The van der Waals surface area contributed by atoms with E-state index in [9.17, 15) is 14.7 Å². The van der Waals surface area contributed by atoms with E-state index in [0.29, 0.717) is 12.8 Å². The van der Waals surface area contributed by atoms with Crippen LogP contribution >= 0.6 is 0 Å². The molecule has 1 unspecified atom stereocenters. The first-order valence-corrected chi connectivity index (χ1v) is 10.2. The SMILES string of the molecule is Cc1ccc(C(NC(=O)Cc2ccc3c(c2)CCCC3)C2(C(=O)O)CC2)cc1. The average Bonchev–Trinajstić information content (AvgIpc) is 3.49. The molecule has 4 nitrogen and oxygen atoms in total. The van der Waals surface area contributed by atoms with E-state index in [4.69, 9.17) is 0 Å². The monoisotopic (exact) mass is 377 g/mol. The van der Waals surface area contributed by atoms with Crippen LogP contribution in [0.2, 0.25) is 0 Å². The number of amides is 1. The van der Waals surface area contributed by atoms with Crippen molar-refractivity contribution in [2.45, 2.75) is 57.9 Å². The van der Waals surface area contributed by atoms with Crippen LogP contribution in [0.5, 0.6) is 0 Å². The van der Waals surface area contributed by atoms with Crippen LogP contribution in [0.25, 0.3) is 0 Å². The van der Waals surface area contributed by atoms with Gasteiger partial charge in [-0.2, -0.15) is 0 Å². The van der Waals surface area contributed by atoms with Crippen molar-refractivity contribution >= 4 is 11.9 Å². The maximum Gasteiger partial charge on any atom is 0.312 e. The van der Waals surface area contributed by atoms with Gasteiger partial charge in [0.15, 0.2) is 0 Å². The Hall–Kier alpha value is -2.62. The van der Waals surface area contributed by atoms with Crippen LogP contribution in [0.4, 0.5) is 0 Å². The number of carbonyl (C=O) groups is 2. The molecule has 2 N–H and O–H groups in total. The lowest BCUT2D eigenvalue weighted by atomic mass is 9.88. The van der Waals surface area contributed by atoms with Crippen molar-refractivity contribution in [3.05, 3.63) is 70.3 Å². The van der Waals surface area contributed by atoms with Gasteiger partial charge in [-0.05, 0) is 67.7 Å². The summed E-state index contributed by atoms with van der Waals surface area (Å²) in [5.41, 5.74) is 4.86. The van der Waals surface area contributed by atoms with Crippen molar-refractivity contribution in [3.63, 3.8) is 0 Å². The number of carboxylic acids is 1. The topological polar surface area (TPSA) is 66.4 Å². The minimum Gasteiger partial charge on any atom is -0.481 e. The van der Waals surface area contributed by atoms with Gasteiger partial charge in [0.2, 0.25) is 5.91 Å². The van der Waals surface area contributed by atoms with E-state index in [1.54, 1.807) is 0 Å². The highest BCUT2D eigenvalue weighted by atomic mass is 16.4. The van der Waals surface area contributed by atoms with Crippen molar-refractivity contribution in [3.8, 4) is 0 Å². The van der Waals surface area contributed by atoms with Gasteiger partial charge in [0.25, 0.3) is 0 Å². The predicted molar refractivity (Wildman–Crippen MR) is 108 cm³/mol. The maximum atomic E-state index is 12.8. The minimum atomic E-state index is -0.874. The molecular weight excluding hydrogens is 350 g/mol. The van der Waals surface area contributed by atoms with E-state index >= 15 is 0 Å². The Kier molecular flexibility index (Phi) is 4.96. The van der Waals surface area contributed by atoms with Gasteiger partial charge in [-0.3, -0.25) is 9.59 Å². The Morgan fingerprint density at radius 2 is 1.71 bits per heavy atom. The molecule has 146 valence electrons. The average molecular weight is 377 g/mol. The van der Waals surface area contributed by atoms with E-state index in [-0.39, 0.29) is 12.3 Å². The molecule has 0 bridgehead atoms. The van der Waals surface area contributed by atoms with E-state index in [0.717, 1.165) is 29.5 Å². The highest BCUT2D eigenvalue weighted by Crippen LogP contribution is 2.55. The van der Waals surface area contributed by atoms with Crippen LogP contribution in [0, 0.1) is 12.3 Å². The van der Waals surface area contributed by atoms with E-state index in [1.807, 2.05) is 37.3 Å². The fourth-order valence-corrected chi connectivity index (χ4v) is 4.35. The number of carbonyl (C=O) groups excluding carboxylic acids is 1. The molecule has 0 aromatic heterocycles. The summed E-state index contributed by atoms with van der Waals surface area (Å²) in [6.45, 7) is 2.00. The summed E-state index contributed by atoms with van der Waals surface area (Å²) in [6, 6.07) is 13.6. The first kappa shape index (κ1) is 18.7. The van der Waals surface area contributed by atoms with E-state index in [1.165, 1.54) is 24.0 Å². The second-order valence-electron chi connectivity index (χ2n) is 8.36. The second-order valence-corrected chi connectivity index (χ2v) is 8.36. The number of carboxylic acid groups (broad SMARTS) is 1. The van der Waals surface area contributed by atoms with Crippen LogP contribution in [0.1, 0.15) is 59.5 Å². The molecule has 0 radical (unpaired) electrons. The molecule has 0 heterocycles. The molecule has 2 aliphatic carbocycles. The summed E-state index contributed by atoms with van der Waals surface area (Å²) in [5.74, 6) is -0.944. The number of hydrogen-bond donors (Lipinski definition) is 2. The molecular formula is C24H27NO3. The maximum absolute atomic E-state index is 12.8. The summed E-state index contributed by atoms with van der Waals surface area (Å²) < 4.78 is 0. The van der Waals surface area contributed by atoms with Crippen LogP contribution in [-0.4, -0.2) is 17.0 Å². The molecule has 1 saturated carbocycles. The molecule has 4 heteroatoms. The van der Waals surface area contributed by atoms with Gasteiger partial charge in [-0.1, -0.05) is 48.0 Å². The van der Waals surface area contributed by atoms with Gasteiger partial charge in [0.05, 0.1) is 17.9 Å². The van der Waals surface area contributed by atoms with Crippen molar-refractivity contribution in [2.75, 3.05) is 0 Å². The molecule has 28 heavy (non-hydrogen) atoms. The van der Waals surface area contributed by atoms with Gasteiger partial charge < -0.3 is 10.4 Å². The Balaban J connectivity index is 1.53. The third-order valence-corrected chi connectivity index (χ3v) is 6.26. The largest absolute Gasteiger partial charge is 0.481 e. The van der Waals surface area contributed by atoms with Crippen LogP contribution in [0.3, 0.4) is 0 Å². The first-order valence-electron chi connectivity index (χ1n) is 10.2. The van der Waals surface area contributed by atoms with E-state index < -0.39 is 17.4 Å². The minimum absolute atomic E-state index is 0.117. The van der Waals surface area contributed by atoms with Crippen molar-refractivity contribution in [2.24, 2.45) is 5.41 Å². The number of benzene rings is 2. The number of aliphatic carboxylic acids is 1. The second kappa shape index (κ2) is 7.42. The summed E-state index contributed by atoms with van der Waals surface area (Å²) in [4.78, 5) is 24.7. The third-order valence-electron chi connectivity index (χ3n) is 6.26. The number of aryl methyl sites for hydroxylation is 3. The number of rotatable bonds is 6. The zero-order valence-electron chi connectivity index (χ0n) is 16.3. The molecule has 4 rings (SSSR count). The lowest BCUT2D eigenvalue weighted by molar-refractivity contribution is -0.145. The zero-order valence-corrected chi connectivity index (χ0v) is 16.3. The van der Waals surface area contributed by atoms with E-state index in [2.05, 4.69) is 17.4 Å². The van der Waals surface area contributed by atoms with Crippen LogP contribution < -0.4 is 5.32 Å². The molecule has 1 fully saturated rings. The Labute approximate surface area is 166 Å². The molecule has 2 aromatic carbocycles. The normalized spacial score (nSPS) is 18.0. The molecule has 2 aliphatic rings. The van der Waals surface area contributed by atoms with Crippen molar-refractivity contribution in [1.29, 1.82) is 0 Å². The number of fused-ring (bicyclic) bond motifs is 1. The van der Waals surface area contributed by atoms with Crippen LogP contribution in [0.15, 0.2) is 42.5 Å². The number of hydrogen-bond acceptors (Lipinski definition) is 2. The molecule has 0 spiro atoms. The fourth-order valence-electron chi connectivity index (χ4n) is 4.35. The van der Waals surface area contributed by atoms with Crippen molar-refractivity contribution in [1.82, 2.24) is 5.32 Å². The Morgan fingerprint density at radius 1 is 1.04 bits per heavy atom. The van der Waals surface area contributed by atoms with Gasteiger partial charge in [-0.25, -0.2) is 0 Å². The lowest BCUT2D eigenvalue weighted by Gasteiger charge is -2.26. The Morgan fingerprint density at radius 3 is 2.36 bits per heavy atom.